The molecule has 1 unspecified atom stereocenters. The topological polar surface area (TPSA) is 133 Å². The van der Waals surface area contributed by atoms with E-state index in [-0.39, 0.29) is 19.8 Å². The second-order valence-corrected chi connectivity index (χ2v) is 5.44. The van der Waals surface area contributed by atoms with Gasteiger partial charge in [-0.3, -0.25) is 38.6 Å². The van der Waals surface area contributed by atoms with E-state index in [1.807, 2.05) is 0 Å². The molecule has 2 N–H and O–H groups in total. The van der Waals surface area contributed by atoms with Gasteiger partial charge in [0.25, 0.3) is 23.6 Å². The molecule has 0 aromatic carbocycles. The summed E-state index contributed by atoms with van der Waals surface area (Å²) < 4.78 is 0. The molecule has 0 bridgehead atoms. The molecule has 0 radical (unpaired) electrons. The number of carbonyl (C=O) groups is 6. The normalized spacial score (nSPS) is 17.5. The van der Waals surface area contributed by atoms with E-state index in [0.29, 0.717) is 0 Å². The van der Waals surface area contributed by atoms with Crippen LogP contribution in [0.25, 0.3) is 0 Å². The third-order valence-corrected chi connectivity index (χ3v) is 3.59. The third-order valence-electron chi connectivity index (χ3n) is 3.59. The molecule has 132 valence electrons. The van der Waals surface area contributed by atoms with Crippen LogP contribution < -0.4 is 10.6 Å². The van der Waals surface area contributed by atoms with Crippen LogP contribution in [0.4, 0.5) is 0 Å². The van der Waals surface area contributed by atoms with Gasteiger partial charge in [-0.15, -0.1) is 0 Å². The summed E-state index contributed by atoms with van der Waals surface area (Å²) in [5, 5.41) is 4.78. The molecule has 0 spiro atoms. The van der Waals surface area contributed by atoms with Gasteiger partial charge in [0.05, 0.1) is 0 Å². The van der Waals surface area contributed by atoms with Crippen molar-refractivity contribution in [1.82, 2.24) is 20.4 Å². The molecule has 0 saturated carbocycles. The Bertz CT molecular complexity index is 675. The van der Waals surface area contributed by atoms with Crippen molar-refractivity contribution in [1.29, 1.82) is 0 Å². The van der Waals surface area contributed by atoms with Gasteiger partial charge in [0, 0.05) is 36.6 Å². The van der Waals surface area contributed by atoms with Crippen molar-refractivity contribution in [3.05, 3.63) is 24.3 Å². The number of nitrogens with one attached hydrogen (secondary N) is 2. The quantitative estimate of drug-likeness (QED) is 0.512. The molecule has 0 fully saturated rings. The molecule has 0 aromatic rings. The summed E-state index contributed by atoms with van der Waals surface area (Å²) >= 11 is 0. The number of hydrogen-bond acceptors (Lipinski definition) is 6. The van der Waals surface area contributed by atoms with E-state index in [0.717, 1.165) is 34.1 Å². The van der Waals surface area contributed by atoms with Crippen LogP contribution in [-0.2, 0) is 28.8 Å². The van der Waals surface area contributed by atoms with Crippen LogP contribution in [0.1, 0.15) is 13.3 Å². The van der Waals surface area contributed by atoms with Gasteiger partial charge in [-0.1, -0.05) is 6.92 Å². The van der Waals surface area contributed by atoms with Crippen LogP contribution in [0.2, 0.25) is 0 Å². The highest BCUT2D eigenvalue weighted by Crippen LogP contribution is 2.05. The van der Waals surface area contributed by atoms with Crippen molar-refractivity contribution in [3.63, 3.8) is 0 Å². The predicted octanol–water partition coefficient (Wildman–Crippen LogP) is -1.99. The molecule has 2 aliphatic rings. The first-order valence-corrected chi connectivity index (χ1v) is 7.41. The SMILES string of the molecule is CC(CC(=O)NCN1C(=O)C=CC1=O)C(=O)NCN1C(=O)C=CC1=O. The molecule has 1 atom stereocenters. The van der Waals surface area contributed by atoms with Crippen LogP contribution >= 0.6 is 0 Å². The zero-order valence-electron chi connectivity index (χ0n) is 13.4. The van der Waals surface area contributed by atoms with E-state index in [2.05, 4.69) is 10.6 Å². The highest BCUT2D eigenvalue weighted by Gasteiger charge is 2.26. The summed E-state index contributed by atoms with van der Waals surface area (Å²) in [6.45, 7) is 0.937. The highest BCUT2D eigenvalue weighted by molar-refractivity contribution is 6.13. The van der Waals surface area contributed by atoms with Crippen LogP contribution in [0.3, 0.4) is 0 Å². The van der Waals surface area contributed by atoms with Crippen molar-refractivity contribution >= 4 is 35.4 Å². The molecule has 0 aliphatic carbocycles. The Morgan fingerprint density at radius 2 is 1.24 bits per heavy atom. The van der Waals surface area contributed by atoms with Crippen LogP contribution in [0, 0.1) is 5.92 Å². The zero-order chi connectivity index (χ0) is 18.6. The molecule has 10 nitrogen and oxygen atoms in total. The molecule has 10 heteroatoms. The summed E-state index contributed by atoms with van der Waals surface area (Å²) in [6.07, 6.45) is 4.21. The van der Waals surface area contributed by atoms with Crippen LogP contribution in [0.5, 0.6) is 0 Å². The summed E-state index contributed by atoms with van der Waals surface area (Å²) in [7, 11) is 0. The number of nitrogens with zero attached hydrogens (tertiary/aromatic N) is 2. The van der Waals surface area contributed by atoms with Gasteiger partial charge in [-0.2, -0.15) is 0 Å². The summed E-state index contributed by atoms with van der Waals surface area (Å²) in [5.41, 5.74) is 0. The number of imide groups is 2. The Morgan fingerprint density at radius 1 is 0.840 bits per heavy atom. The monoisotopic (exact) mass is 348 g/mol. The minimum Gasteiger partial charge on any atom is -0.338 e. The standard InChI is InChI=1S/C15H16N4O6/c1-9(15(25)17-8-19-13(23)4-5-14(19)24)6-10(20)16-7-18-11(21)2-3-12(18)22/h2-5,9H,6-8H2,1H3,(H,16,20)(H,17,25). The molecule has 0 aromatic heterocycles. The smallest absolute Gasteiger partial charge is 0.255 e. The maximum absolute atomic E-state index is 11.9. The second kappa shape index (κ2) is 7.51. The maximum atomic E-state index is 11.9. The minimum atomic E-state index is -0.733. The molecule has 2 heterocycles. The number of hydrogen-bond donors (Lipinski definition) is 2. The van der Waals surface area contributed by atoms with E-state index < -0.39 is 41.4 Å². The summed E-state index contributed by atoms with van der Waals surface area (Å²) in [5.74, 6) is -3.87. The maximum Gasteiger partial charge on any atom is 0.255 e. The second-order valence-electron chi connectivity index (χ2n) is 5.44. The Morgan fingerprint density at radius 3 is 1.68 bits per heavy atom. The lowest BCUT2D eigenvalue weighted by atomic mass is 10.1. The predicted molar refractivity (Wildman–Crippen MR) is 81.8 cm³/mol. The number of amides is 6. The van der Waals surface area contributed by atoms with Crippen molar-refractivity contribution in [2.45, 2.75) is 13.3 Å². The van der Waals surface area contributed by atoms with Crippen LogP contribution in [-0.4, -0.2) is 58.6 Å². The lowest BCUT2D eigenvalue weighted by Crippen LogP contribution is -2.44. The fourth-order valence-electron chi connectivity index (χ4n) is 2.12. The van der Waals surface area contributed by atoms with Crippen molar-refractivity contribution in [2.24, 2.45) is 5.92 Å². The molecule has 6 amide bonds. The van der Waals surface area contributed by atoms with E-state index in [1.165, 1.54) is 6.92 Å². The van der Waals surface area contributed by atoms with Gasteiger partial charge in [-0.05, 0) is 0 Å². The van der Waals surface area contributed by atoms with Gasteiger partial charge in [0.2, 0.25) is 11.8 Å². The Balaban J connectivity index is 1.72. The van der Waals surface area contributed by atoms with Gasteiger partial charge < -0.3 is 10.6 Å². The highest BCUT2D eigenvalue weighted by atomic mass is 16.2. The fraction of sp³-hybridized carbons (Fsp3) is 0.333. The largest absolute Gasteiger partial charge is 0.338 e. The minimum absolute atomic E-state index is 0.185. The molecule has 2 aliphatic heterocycles. The number of carbonyl (C=O) groups excluding carboxylic acids is 6. The Labute approximate surface area is 142 Å². The van der Waals surface area contributed by atoms with Gasteiger partial charge >= 0.3 is 0 Å². The molecular weight excluding hydrogens is 332 g/mol. The summed E-state index contributed by atoms with van der Waals surface area (Å²) in [4.78, 5) is 70.8. The first-order chi connectivity index (χ1) is 11.8. The van der Waals surface area contributed by atoms with Gasteiger partial charge in [0.15, 0.2) is 0 Å². The fourth-order valence-corrected chi connectivity index (χ4v) is 2.12. The first kappa shape index (κ1) is 18.0. The molecule has 25 heavy (non-hydrogen) atoms. The molecule has 2 rings (SSSR count). The van der Waals surface area contributed by atoms with E-state index in [4.69, 9.17) is 0 Å². The zero-order valence-corrected chi connectivity index (χ0v) is 13.4. The van der Waals surface area contributed by atoms with Gasteiger partial charge in [0.1, 0.15) is 13.3 Å². The third kappa shape index (κ3) is 4.37. The van der Waals surface area contributed by atoms with Crippen molar-refractivity contribution < 1.29 is 28.8 Å². The van der Waals surface area contributed by atoms with E-state index in [1.54, 1.807) is 0 Å². The van der Waals surface area contributed by atoms with E-state index >= 15 is 0 Å². The van der Waals surface area contributed by atoms with E-state index in [9.17, 15) is 28.8 Å². The average Bonchev–Trinajstić information content (AvgIpc) is 3.05. The molecule has 0 saturated heterocycles. The van der Waals surface area contributed by atoms with Gasteiger partial charge in [-0.25, -0.2) is 0 Å². The van der Waals surface area contributed by atoms with Crippen molar-refractivity contribution in [2.75, 3.05) is 13.3 Å². The first-order valence-electron chi connectivity index (χ1n) is 7.41. The van der Waals surface area contributed by atoms with Crippen LogP contribution in [0.15, 0.2) is 24.3 Å². The summed E-state index contributed by atoms with van der Waals surface area (Å²) in [6, 6.07) is 0. The number of rotatable bonds is 7. The Kier molecular flexibility index (Phi) is 5.42. The lowest BCUT2D eigenvalue weighted by Gasteiger charge is -2.18. The average molecular weight is 348 g/mol. The Hall–Kier alpha value is -3.30. The molecular formula is C15H16N4O6. The van der Waals surface area contributed by atoms with Crippen molar-refractivity contribution in [3.8, 4) is 0 Å². The lowest BCUT2D eigenvalue weighted by molar-refractivity contribution is -0.141.